The van der Waals surface area contributed by atoms with Gasteiger partial charge in [0.05, 0.1) is 10.5 Å². The Balaban J connectivity index is 1.64. The molecule has 162 valence electrons. The summed E-state index contributed by atoms with van der Waals surface area (Å²) in [7, 11) is -3.74. The van der Waals surface area contributed by atoms with Crippen molar-refractivity contribution in [3.05, 3.63) is 53.6 Å². The smallest absolute Gasteiger partial charge is 0.255 e. The molecule has 2 aromatic rings. The molecule has 0 atom stereocenters. The zero-order chi connectivity index (χ0) is 21.6. The van der Waals surface area contributed by atoms with Gasteiger partial charge in [0.25, 0.3) is 5.91 Å². The number of thioether (sulfide) groups is 1. The summed E-state index contributed by atoms with van der Waals surface area (Å²) in [5, 5.41) is 0. The predicted molar refractivity (Wildman–Crippen MR) is 120 cm³/mol. The zero-order valence-electron chi connectivity index (χ0n) is 17.4. The maximum Gasteiger partial charge on any atom is 0.255 e. The average molecular weight is 449 g/mol. The topological polar surface area (TPSA) is 75.7 Å². The van der Waals surface area contributed by atoms with Crippen molar-refractivity contribution >= 4 is 27.7 Å². The van der Waals surface area contributed by atoms with Crippen LogP contribution in [0.15, 0.2) is 52.3 Å². The van der Waals surface area contributed by atoms with E-state index in [1.807, 2.05) is 30.5 Å². The van der Waals surface area contributed by atoms with Crippen molar-refractivity contribution in [2.24, 2.45) is 0 Å². The minimum atomic E-state index is -3.74. The molecule has 1 aliphatic rings. The van der Waals surface area contributed by atoms with Gasteiger partial charge in [0.15, 0.2) is 0 Å². The lowest BCUT2D eigenvalue weighted by Gasteiger charge is -2.18. The molecule has 1 N–H and O–H groups in total. The number of nitrogens with zero attached hydrogens (tertiary/aromatic N) is 1. The van der Waals surface area contributed by atoms with E-state index >= 15 is 0 Å². The molecular formula is C22H28N2O4S2. The van der Waals surface area contributed by atoms with Gasteiger partial charge in [-0.3, -0.25) is 4.79 Å². The number of carbonyl (C=O) groups excluding carboxylic acids is 1. The highest BCUT2D eigenvalue weighted by Gasteiger charge is 2.24. The van der Waals surface area contributed by atoms with Gasteiger partial charge >= 0.3 is 0 Å². The van der Waals surface area contributed by atoms with E-state index in [1.165, 1.54) is 23.4 Å². The molecule has 1 amide bonds. The Morgan fingerprint density at radius 2 is 1.83 bits per heavy atom. The normalized spacial score (nSPS) is 14.1. The lowest BCUT2D eigenvalue weighted by atomic mass is 10.2. The number of rotatable bonds is 9. The molecule has 0 aromatic heterocycles. The van der Waals surface area contributed by atoms with Crippen LogP contribution in [-0.4, -0.2) is 51.7 Å². The fourth-order valence-corrected chi connectivity index (χ4v) is 4.97. The molecule has 0 unspecified atom stereocenters. The average Bonchev–Trinajstić information content (AvgIpc) is 3.31. The quantitative estimate of drug-likeness (QED) is 0.469. The Bertz CT molecular complexity index is 969. The Labute approximate surface area is 183 Å². The third-order valence-corrected chi connectivity index (χ3v) is 7.35. The molecule has 1 fully saturated rings. The largest absolute Gasteiger partial charge is 0.492 e. The highest BCUT2D eigenvalue weighted by atomic mass is 32.2. The van der Waals surface area contributed by atoms with Crippen molar-refractivity contribution < 1.29 is 17.9 Å². The van der Waals surface area contributed by atoms with E-state index in [2.05, 4.69) is 11.6 Å². The minimum absolute atomic E-state index is 0.0927. The lowest BCUT2D eigenvalue weighted by Crippen LogP contribution is -2.30. The number of amides is 1. The highest BCUT2D eigenvalue weighted by molar-refractivity contribution is 7.98. The first-order valence-corrected chi connectivity index (χ1v) is 12.8. The molecule has 1 saturated heterocycles. The van der Waals surface area contributed by atoms with Gasteiger partial charge < -0.3 is 9.64 Å². The standard InChI is InChI=1S/C22H28N2O4S2/c1-3-17-6-8-18(9-7-17)28-15-12-23-30(26,27)19-10-11-21(29-2)20(16-19)22(25)24-13-4-5-14-24/h6-11,16,23H,3-5,12-15H2,1-2H3. The maximum absolute atomic E-state index is 12.8. The second-order valence-electron chi connectivity index (χ2n) is 7.11. The van der Waals surface area contributed by atoms with Crippen molar-refractivity contribution in [1.29, 1.82) is 0 Å². The molecule has 30 heavy (non-hydrogen) atoms. The van der Waals surface area contributed by atoms with Crippen molar-refractivity contribution in [3.8, 4) is 5.75 Å². The van der Waals surface area contributed by atoms with E-state index in [9.17, 15) is 13.2 Å². The molecule has 8 heteroatoms. The first kappa shape index (κ1) is 22.7. The maximum atomic E-state index is 12.8. The van der Waals surface area contributed by atoms with Gasteiger partial charge in [-0.25, -0.2) is 13.1 Å². The fraction of sp³-hybridized carbons (Fsp3) is 0.409. The van der Waals surface area contributed by atoms with Crippen LogP contribution < -0.4 is 9.46 Å². The summed E-state index contributed by atoms with van der Waals surface area (Å²) in [5.74, 6) is 0.599. The number of benzene rings is 2. The van der Waals surface area contributed by atoms with Gasteiger partial charge in [-0.05, 0) is 61.4 Å². The highest BCUT2D eigenvalue weighted by Crippen LogP contribution is 2.26. The molecule has 6 nitrogen and oxygen atoms in total. The summed E-state index contributed by atoms with van der Waals surface area (Å²) < 4.78 is 33.6. The number of hydrogen-bond donors (Lipinski definition) is 1. The van der Waals surface area contributed by atoms with E-state index in [1.54, 1.807) is 17.0 Å². The van der Waals surface area contributed by atoms with E-state index in [0.717, 1.165) is 37.2 Å². The summed E-state index contributed by atoms with van der Waals surface area (Å²) in [6, 6.07) is 12.5. The first-order chi connectivity index (χ1) is 14.4. The molecule has 1 aliphatic heterocycles. The van der Waals surface area contributed by atoms with Gasteiger partial charge in [-0.1, -0.05) is 19.1 Å². The molecule has 0 spiro atoms. The number of aryl methyl sites for hydroxylation is 1. The summed E-state index contributed by atoms with van der Waals surface area (Å²) >= 11 is 1.44. The van der Waals surface area contributed by atoms with Crippen LogP contribution in [-0.2, 0) is 16.4 Å². The number of carbonyl (C=O) groups is 1. The minimum Gasteiger partial charge on any atom is -0.492 e. The Kier molecular flexibility index (Phi) is 7.80. The van der Waals surface area contributed by atoms with Crippen LogP contribution in [0.1, 0.15) is 35.7 Å². The van der Waals surface area contributed by atoms with Gasteiger partial charge in [-0.15, -0.1) is 11.8 Å². The third-order valence-electron chi connectivity index (χ3n) is 5.10. The summed E-state index contributed by atoms with van der Waals surface area (Å²) in [6.07, 6.45) is 4.81. The Hall–Kier alpha value is -2.03. The second kappa shape index (κ2) is 10.3. The van der Waals surface area contributed by atoms with Crippen LogP contribution in [0.25, 0.3) is 0 Å². The van der Waals surface area contributed by atoms with Gasteiger partial charge in [0.1, 0.15) is 12.4 Å². The molecule has 0 aliphatic carbocycles. The SMILES string of the molecule is CCc1ccc(OCCNS(=O)(=O)c2ccc(SC)c(C(=O)N3CCCC3)c2)cc1. The van der Waals surface area contributed by atoms with Crippen molar-refractivity contribution in [2.75, 3.05) is 32.5 Å². The summed E-state index contributed by atoms with van der Waals surface area (Å²) in [4.78, 5) is 15.5. The molecule has 0 saturated carbocycles. The summed E-state index contributed by atoms with van der Waals surface area (Å²) in [5.41, 5.74) is 1.66. The monoisotopic (exact) mass is 448 g/mol. The van der Waals surface area contributed by atoms with Crippen LogP contribution in [0.2, 0.25) is 0 Å². The Morgan fingerprint density at radius 3 is 2.47 bits per heavy atom. The predicted octanol–water partition coefficient (Wildman–Crippen LogP) is 3.56. The van der Waals surface area contributed by atoms with E-state index in [4.69, 9.17) is 4.74 Å². The fourth-order valence-electron chi connectivity index (χ4n) is 3.36. The van der Waals surface area contributed by atoms with Crippen LogP contribution in [0.4, 0.5) is 0 Å². The first-order valence-electron chi connectivity index (χ1n) is 10.1. The van der Waals surface area contributed by atoms with E-state index < -0.39 is 10.0 Å². The van der Waals surface area contributed by atoms with Crippen LogP contribution in [0, 0.1) is 0 Å². The zero-order valence-corrected chi connectivity index (χ0v) is 19.0. The molecular weight excluding hydrogens is 420 g/mol. The van der Waals surface area contributed by atoms with Crippen molar-refractivity contribution in [2.45, 2.75) is 36.0 Å². The number of ether oxygens (including phenoxy) is 1. The molecule has 3 rings (SSSR count). The van der Waals surface area contributed by atoms with Gasteiger partial charge in [0, 0.05) is 24.5 Å². The van der Waals surface area contributed by atoms with Crippen molar-refractivity contribution in [3.63, 3.8) is 0 Å². The number of likely N-dealkylation sites (tertiary alicyclic amines) is 1. The lowest BCUT2D eigenvalue weighted by molar-refractivity contribution is 0.0789. The number of hydrogen-bond acceptors (Lipinski definition) is 5. The number of nitrogens with one attached hydrogen (secondary N) is 1. The molecule has 0 radical (unpaired) electrons. The molecule has 1 heterocycles. The number of sulfonamides is 1. The Morgan fingerprint density at radius 1 is 1.13 bits per heavy atom. The van der Waals surface area contributed by atoms with Crippen molar-refractivity contribution in [1.82, 2.24) is 9.62 Å². The molecule has 0 bridgehead atoms. The van der Waals surface area contributed by atoms with Crippen LogP contribution >= 0.6 is 11.8 Å². The van der Waals surface area contributed by atoms with Gasteiger partial charge in [-0.2, -0.15) is 0 Å². The molecule has 2 aromatic carbocycles. The van der Waals surface area contributed by atoms with Crippen LogP contribution in [0.5, 0.6) is 5.75 Å². The van der Waals surface area contributed by atoms with E-state index in [-0.39, 0.29) is 24.0 Å². The second-order valence-corrected chi connectivity index (χ2v) is 9.72. The van der Waals surface area contributed by atoms with E-state index in [0.29, 0.717) is 11.3 Å². The summed E-state index contributed by atoms with van der Waals surface area (Å²) in [6.45, 7) is 3.88. The third kappa shape index (κ3) is 5.56. The van der Waals surface area contributed by atoms with Crippen LogP contribution in [0.3, 0.4) is 0 Å². The van der Waals surface area contributed by atoms with Gasteiger partial charge in [0.2, 0.25) is 10.0 Å².